The Morgan fingerprint density at radius 3 is 2.81 bits per heavy atom. The normalized spacial score (nSPS) is 28.7. The Kier molecular flexibility index (Phi) is 4.81. The molecule has 2 atom stereocenters. The molecule has 0 aromatic heterocycles. The number of hydrogen-bond acceptors (Lipinski definition) is 4. The van der Waals surface area contributed by atoms with Crippen molar-refractivity contribution in [2.24, 2.45) is 11.3 Å². The molecule has 3 heterocycles. The summed E-state index contributed by atoms with van der Waals surface area (Å²) in [6.45, 7) is 5.78. The average Bonchev–Trinajstić information content (AvgIpc) is 3.09. The number of fused-ring (bicyclic) bond motifs is 1. The van der Waals surface area contributed by atoms with Gasteiger partial charge in [0.25, 0.3) is 0 Å². The summed E-state index contributed by atoms with van der Waals surface area (Å²) in [6, 6.07) is 6.75. The Hall–Kier alpha value is -2.13. The van der Waals surface area contributed by atoms with Crippen LogP contribution in [-0.2, 0) is 9.53 Å². The molecule has 0 spiro atoms. The standard InChI is InChI=1S/C21H26FN3O2/c1-21-7-2-8-25(19(21)13-27-14-21)20(26)16-5-9-24(10-6-16)18-4-3-15(12-23)11-17(18)22/h3-4,11,16,19H,2,5-10,13-14H2,1H3/t19-,21+/m1/s1. The van der Waals surface area contributed by atoms with Crippen molar-refractivity contribution in [1.82, 2.24) is 4.90 Å². The SMILES string of the molecule is C[C@@]12CCCN(C(=O)C3CCN(c4ccc(C#N)cc4F)CC3)[C@@H]1COC2. The second-order valence-corrected chi connectivity index (χ2v) is 8.36. The smallest absolute Gasteiger partial charge is 0.226 e. The summed E-state index contributed by atoms with van der Waals surface area (Å²) in [5.41, 5.74) is 0.947. The third-order valence-corrected chi connectivity index (χ3v) is 6.58. The van der Waals surface area contributed by atoms with E-state index in [4.69, 9.17) is 10.00 Å². The van der Waals surface area contributed by atoms with E-state index in [1.165, 1.54) is 6.07 Å². The van der Waals surface area contributed by atoms with Gasteiger partial charge in [-0.2, -0.15) is 5.26 Å². The van der Waals surface area contributed by atoms with Gasteiger partial charge < -0.3 is 14.5 Å². The van der Waals surface area contributed by atoms with Gasteiger partial charge in [0.1, 0.15) is 5.82 Å². The Bertz CT molecular complexity index is 769. The molecular weight excluding hydrogens is 345 g/mol. The first-order valence-corrected chi connectivity index (χ1v) is 9.85. The molecule has 0 saturated carbocycles. The molecule has 1 aromatic rings. The predicted molar refractivity (Wildman–Crippen MR) is 99.7 cm³/mol. The molecular formula is C21H26FN3O2. The molecule has 27 heavy (non-hydrogen) atoms. The average molecular weight is 371 g/mol. The van der Waals surface area contributed by atoms with Crippen LogP contribution < -0.4 is 4.90 Å². The van der Waals surface area contributed by atoms with Crippen LogP contribution in [0.1, 0.15) is 38.2 Å². The quantitative estimate of drug-likeness (QED) is 0.802. The summed E-state index contributed by atoms with van der Waals surface area (Å²) < 4.78 is 20.0. The number of carbonyl (C=O) groups is 1. The molecule has 3 saturated heterocycles. The number of hydrogen-bond donors (Lipinski definition) is 0. The van der Waals surface area contributed by atoms with Gasteiger partial charge >= 0.3 is 0 Å². The monoisotopic (exact) mass is 371 g/mol. The predicted octanol–water partition coefficient (Wildman–Crippen LogP) is 2.94. The van der Waals surface area contributed by atoms with E-state index in [0.717, 1.165) is 38.8 Å². The molecule has 1 aromatic carbocycles. The van der Waals surface area contributed by atoms with Gasteiger partial charge in [-0.25, -0.2) is 4.39 Å². The summed E-state index contributed by atoms with van der Waals surface area (Å²) in [4.78, 5) is 17.2. The second-order valence-electron chi connectivity index (χ2n) is 8.36. The number of anilines is 1. The van der Waals surface area contributed by atoms with Gasteiger partial charge in [0.2, 0.25) is 5.91 Å². The van der Waals surface area contributed by atoms with E-state index in [9.17, 15) is 9.18 Å². The lowest BCUT2D eigenvalue weighted by Gasteiger charge is -2.45. The number of ether oxygens (including phenoxy) is 1. The highest BCUT2D eigenvalue weighted by atomic mass is 19.1. The highest BCUT2D eigenvalue weighted by Crippen LogP contribution is 2.41. The lowest BCUT2D eigenvalue weighted by atomic mass is 9.76. The number of likely N-dealkylation sites (tertiary alicyclic amines) is 1. The zero-order valence-electron chi connectivity index (χ0n) is 15.8. The van der Waals surface area contributed by atoms with Gasteiger partial charge in [-0.05, 0) is 43.9 Å². The van der Waals surface area contributed by atoms with E-state index in [0.29, 0.717) is 30.9 Å². The topological polar surface area (TPSA) is 56.6 Å². The summed E-state index contributed by atoms with van der Waals surface area (Å²) in [5, 5.41) is 8.88. The summed E-state index contributed by atoms with van der Waals surface area (Å²) in [6.07, 6.45) is 3.63. The molecule has 0 radical (unpaired) electrons. The van der Waals surface area contributed by atoms with Crippen LogP contribution in [-0.4, -0.2) is 49.7 Å². The summed E-state index contributed by atoms with van der Waals surface area (Å²) in [7, 11) is 0. The van der Waals surface area contributed by atoms with Crippen molar-refractivity contribution in [3.05, 3.63) is 29.6 Å². The Balaban J connectivity index is 1.40. The Morgan fingerprint density at radius 1 is 1.33 bits per heavy atom. The molecule has 3 aliphatic heterocycles. The van der Waals surface area contributed by atoms with Crippen molar-refractivity contribution in [3.63, 3.8) is 0 Å². The third-order valence-electron chi connectivity index (χ3n) is 6.58. The summed E-state index contributed by atoms with van der Waals surface area (Å²) in [5.74, 6) is -0.115. The van der Waals surface area contributed by atoms with Crippen molar-refractivity contribution >= 4 is 11.6 Å². The molecule has 0 unspecified atom stereocenters. The zero-order valence-corrected chi connectivity index (χ0v) is 15.8. The van der Waals surface area contributed by atoms with Crippen LogP contribution in [0.15, 0.2) is 18.2 Å². The largest absolute Gasteiger partial charge is 0.379 e. The van der Waals surface area contributed by atoms with Crippen LogP contribution in [0, 0.1) is 28.5 Å². The lowest BCUT2D eigenvalue weighted by Crippen LogP contribution is -2.55. The van der Waals surface area contributed by atoms with Crippen molar-refractivity contribution in [2.45, 2.75) is 38.6 Å². The maximum Gasteiger partial charge on any atom is 0.226 e. The van der Waals surface area contributed by atoms with E-state index >= 15 is 0 Å². The lowest BCUT2D eigenvalue weighted by molar-refractivity contribution is -0.142. The maximum atomic E-state index is 14.3. The first-order chi connectivity index (χ1) is 13.0. The van der Waals surface area contributed by atoms with E-state index in [-0.39, 0.29) is 29.1 Å². The highest BCUT2D eigenvalue weighted by molar-refractivity contribution is 5.80. The highest BCUT2D eigenvalue weighted by Gasteiger charge is 2.48. The van der Waals surface area contributed by atoms with Crippen molar-refractivity contribution in [1.29, 1.82) is 5.26 Å². The first kappa shape index (κ1) is 18.2. The van der Waals surface area contributed by atoms with Crippen LogP contribution in [0.5, 0.6) is 0 Å². The molecule has 5 nitrogen and oxygen atoms in total. The fourth-order valence-electron chi connectivity index (χ4n) is 4.91. The van der Waals surface area contributed by atoms with Crippen molar-refractivity contribution < 1.29 is 13.9 Å². The van der Waals surface area contributed by atoms with Crippen LogP contribution >= 0.6 is 0 Å². The molecule has 1 amide bonds. The van der Waals surface area contributed by atoms with E-state index in [1.54, 1.807) is 12.1 Å². The van der Waals surface area contributed by atoms with E-state index in [2.05, 4.69) is 11.8 Å². The molecule has 0 bridgehead atoms. The molecule has 3 aliphatic rings. The summed E-state index contributed by atoms with van der Waals surface area (Å²) >= 11 is 0. The van der Waals surface area contributed by atoms with E-state index < -0.39 is 0 Å². The number of nitrogens with zero attached hydrogens (tertiary/aromatic N) is 3. The molecule has 6 heteroatoms. The fraction of sp³-hybridized carbons (Fsp3) is 0.619. The second kappa shape index (κ2) is 7.12. The van der Waals surface area contributed by atoms with E-state index in [1.807, 2.05) is 11.0 Å². The molecule has 0 aliphatic carbocycles. The van der Waals surface area contributed by atoms with Crippen LogP contribution in [0.3, 0.4) is 0 Å². The minimum Gasteiger partial charge on any atom is -0.379 e. The maximum absolute atomic E-state index is 14.3. The number of nitriles is 1. The minimum atomic E-state index is -0.367. The fourth-order valence-corrected chi connectivity index (χ4v) is 4.91. The Morgan fingerprint density at radius 2 is 2.11 bits per heavy atom. The number of halogens is 1. The van der Waals surface area contributed by atoms with Crippen LogP contribution in [0.25, 0.3) is 0 Å². The molecule has 0 N–H and O–H groups in total. The first-order valence-electron chi connectivity index (χ1n) is 9.85. The molecule has 4 rings (SSSR count). The van der Waals surface area contributed by atoms with Crippen LogP contribution in [0.2, 0.25) is 0 Å². The van der Waals surface area contributed by atoms with Gasteiger partial charge in [0, 0.05) is 31.0 Å². The van der Waals surface area contributed by atoms with Gasteiger partial charge in [-0.3, -0.25) is 4.79 Å². The van der Waals surface area contributed by atoms with Gasteiger partial charge in [-0.15, -0.1) is 0 Å². The van der Waals surface area contributed by atoms with Gasteiger partial charge in [0.05, 0.1) is 36.6 Å². The number of benzene rings is 1. The van der Waals surface area contributed by atoms with Gasteiger partial charge in [-0.1, -0.05) is 6.92 Å². The zero-order chi connectivity index (χ0) is 19.0. The number of rotatable bonds is 2. The number of carbonyl (C=O) groups excluding carboxylic acids is 1. The number of amides is 1. The minimum absolute atomic E-state index is 0.00522. The number of piperidine rings is 2. The van der Waals surface area contributed by atoms with Crippen molar-refractivity contribution in [2.75, 3.05) is 37.7 Å². The third kappa shape index (κ3) is 3.29. The van der Waals surface area contributed by atoms with Crippen molar-refractivity contribution in [3.8, 4) is 6.07 Å². The Labute approximate surface area is 159 Å². The molecule has 3 fully saturated rings. The van der Waals surface area contributed by atoms with Gasteiger partial charge in [0.15, 0.2) is 0 Å². The molecule has 144 valence electrons. The van der Waals surface area contributed by atoms with Crippen LogP contribution in [0.4, 0.5) is 10.1 Å².